The number of carbonyl (C=O) groups is 1. The lowest BCUT2D eigenvalue weighted by Crippen LogP contribution is -2.12. The number of hydrogen-bond acceptors (Lipinski definition) is 4. The maximum Gasteiger partial charge on any atom is 0.206 e. The summed E-state index contributed by atoms with van der Waals surface area (Å²) in [5.41, 5.74) is 2.20. The maximum absolute atomic E-state index is 12.5. The van der Waals surface area contributed by atoms with Gasteiger partial charge in [-0.2, -0.15) is 5.26 Å². The number of ketones is 1. The van der Waals surface area contributed by atoms with E-state index >= 15 is 0 Å². The minimum atomic E-state index is -0.295. The van der Waals surface area contributed by atoms with E-state index in [1.807, 2.05) is 35.7 Å². The Morgan fingerprint density at radius 2 is 1.78 bits per heavy atom. The lowest BCUT2D eigenvalue weighted by atomic mass is 10.1. The van der Waals surface area contributed by atoms with Crippen molar-refractivity contribution >= 4 is 34.8 Å². The van der Waals surface area contributed by atoms with Crippen LogP contribution in [0.1, 0.15) is 15.9 Å². The van der Waals surface area contributed by atoms with Crippen LogP contribution in [0.2, 0.25) is 5.02 Å². The molecule has 0 saturated carbocycles. The Kier molecular flexibility index (Phi) is 4.52. The first kappa shape index (κ1) is 15.4. The van der Waals surface area contributed by atoms with Crippen molar-refractivity contribution in [2.75, 3.05) is 0 Å². The Bertz CT molecular complexity index is 866. The van der Waals surface area contributed by atoms with Gasteiger partial charge in [0.05, 0.1) is 10.7 Å². The van der Waals surface area contributed by atoms with Crippen molar-refractivity contribution in [3.8, 4) is 6.07 Å². The Morgan fingerprint density at radius 1 is 1.09 bits per heavy atom. The van der Waals surface area contributed by atoms with E-state index in [-0.39, 0.29) is 11.4 Å². The molecule has 1 N–H and O–H groups in total. The topological polar surface area (TPSA) is 52.9 Å². The Hall–Kier alpha value is -2.48. The Labute approximate surface area is 143 Å². The van der Waals surface area contributed by atoms with Gasteiger partial charge in [-0.1, -0.05) is 71.9 Å². The van der Waals surface area contributed by atoms with Gasteiger partial charge in [-0.05, 0) is 6.07 Å². The highest BCUT2D eigenvalue weighted by Crippen LogP contribution is 2.35. The third-order valence-corrected chi connectivity index (χ3v) is 4.53. The maximum atomic E-state index is 12.5. The fourth-order valence-corrected chi connectivity index (χ4v) is 3.25. The number of hydrogen-bond donors (Lipinski definition) is 1. The standard InChI is InChI=1S/C18H11ClN2OS/c19-15-9-5-4-8-13(15)16-11-23-18(21-16)14(10-20)17(22)12-6-2-1-3-7-12/h1-9,11,21H/b18-14+. The summed E-state index contributed by atoms with van der Waals surface area (Å²) in [6.45, 7) is 0. The second-order valence-electron chi connectivity index (χ2n) is 4.77. The summed E-state index contributed by atoms with van der Waals surface area (Å²) in [6.07, 6.45) is 0. The number of nitriles is 1. The Morgan fingerprint density at radius 3 is 2.48 bits per heavy atom. The highest BCUT2D eigenvalue weighted by Gasteiger charge is 2.22. The molecule has 0 fully saturated rings. The van der Waals surface area contributed by atoms with Crippen molar-refractivity contribution in [3.05, 3.63) is 86.8 Å². The number of halogens is 1. The largest absolute Gasteiger partial charge is 0.348 e. The molecule has 2 aromatic carbocycles. The van der Waals surface area contributed by atoms with Crippen LogP contribution in [0.3, 0.4) is 0 Å². The Balaban J connectivity index is 1.90. The molecule has 3 nitrogen and oxygen atoms in total. The molecule has 0 amide bonds. The molecule has 0 saturated heterocycles. The normalized spacial score (nSPS) is 15.4. The van der Waals surface area contributed by atoms with Gasteiger partial charge < -0.3 is 5.32 Å². The van der Waals surface area contributed by atoms with Crippen LogP contribution in [0.25, 0.3) is 5.70 Å². The average molecular weight is 339 g/mol. The van der Waals surface area contributed by atoms with Gasteiger partial charge in [-0.3, -0.25) is 4.79 Å². The van der Waals surface area contributed by atoms with Gasteiger partial charge in [-0.15, -0.1) is 0 Å². The highest BCUT2D eigenvalue weighted by molar-refractivity contribution is 8.06. The van der Waals surface area contributed by atoms with Crippen molar-refractivity contribution in [2.45, 2.75) is 0 Å². The minimum absolute atomic E-state index is 0.0968. The number of thioether (sulfide) groups is 1. The van der Waals surface area contributed by atoms with Crippen LogP contribution in [0.15, 0.2) is 70.6 Å². The van der Waals surface area contributed by atoms with Crippen LogP contribution in [0, 0.1) is 11.3 Å². The first-order chi connectivity index (χ1) is 11.2. The molecular weight excluding hydrogens is 328 g/mol. The molecule has 0 aliphatic carbocycles. The summed E-state index contributed by atoms with van der Waals surface area (Å²) in [7, 11) is 0. The summed E-state index contributed by atoms with van der Waals surface area (Å²) in [6, 6.07) is 18.2. The molecule has 0 unspecified atom stereocenters. The van der Waals surface area contributed by atoms with E-state index in [0.717, 1.165) is 11.3 Å². The van der Waals surface area contributed by atoms with E-state index in [9.17, 15) is 10.1 Å². The molecule has 0 radical (unpaired) electrons. The molecule has 5 heteroatoms. The lowest BCUT2D eigenvalue weighted by molar-refractivity contribution is 0.103. The van der Waals surface area contributed by atoms with Gasteiger partial charge >= 0.3 is 0 Å². The first-order valence-electron chi connectivity index (χ1n) is 6.83. The summed E-state index contributed by atoms with van der Waals surface area (Å²) in [5, 5.41) is 15.5. The second-order valence-corrected chi connectivity index (χ2v) is 6.05. The van der Waals surface area contributed by atoms with Crippen molar-refractivity contribution in [1.29, 1.82) is 5.26 Å². The number of allylic oxidation sites excluding steroid dienone is 1. The number of nitrogens with one attached hydrogen (secondary N) is 1. The van der Waals surface area contributed by atoms with Crippen LogP contribution in [-0.4, -0.2) is 5.78 Å². The van der Waals surface area contributed by atoms with Gasteiger partial charge in [0.2, 0.25) is 5.78 Å². The van der Waals surface area contributed by atoms with E-state index in [1.54, 1.807) is 30.3 Å². The molecule has 112 valence electrons. The molecule has 1 aliphatic rings. The zero-order valence-corrected chi connectivity index (χ0v) is 13.5. The van der Waals surface area contributed by atoms with Crippen LogP contribution >= 0.6 is 23.4 Å². The van der Waals surface area contributed by atoms with Gasteiger partial charge in [0.15, 0.2) is 0 Å². The van der Waals surface area contributed by atoms with E-state index < -0.39 is 0 Å². The van der Waals surface area contributed by atoms with E-state index in [2.05, 4.69) is 5.32 Å². The van der Waals surface area contributed by atoms with Crippen LogP contribution in [-0.2, 0) is 0 Å². The molecule has 0 spiro atoms. The minimum Gasteiger partial charge on any atom is -0.348 e. The number of benzene rings is 2. The van der Waals surface area contributed by atoms with E-state index in [1.165, 1.54) is 11.8 Å². The smallest absolute Gasteiger partial charge is 0.206 e. The summed E-state index contributed by atoms with van der Waals surface area (Å²) < 4.78 is 0. The SMILES string of the molecule is N#C/C(C(=O)c1ccccc1)=C1/NC(c2ccccc2Cl)=CS1. The number of rotatable bonds is 3. The first-order valence-corrected chi connectivity index (χ1v) is 8.09. The molecule has 2 aromatic rings. The van der Waals surface area contributed by atoms with Crippen molar-refractivity contribution in [1.82, 2.24) is 5.32 Å². The number of nitrogens with zero attached hydrogens (tertiary/aromatic N) is 1. The quantitative estimate of drug-likeness (QED) is 0.505. The monoisotopic (exact) mass is 338 g/mol. The molecular formula is C18H11ClN2OS. The van der Waals surface area contributed by atoms with E-state index in [0.29, 0.717) is 15.6 Å². The molecule has 1 aliphatic heterocycles. The third kappa shape index (κ3) is 3.16. The fraction of sp³-hybridized carbons (Fsp3) is 0. The highest BCUT2D eigenvalue weighted by atomic mass is 35.5. The van der Waals surface area contributed by atoms with Gasteiger partial charge in [0, 0.05) is 21.6 Å². The van der Waals surface area contributed by atoms with Crippen molar-refractivity contribution in [2.24, 2.45) is 0 Å². The number of carbonyl (C=O) groups excluding carboxylic acids is 1. The van der Waals surface area contributed by atoms with Crippen molar-refractivity contribution < 1.29 is 4.79 Å². The zero-order valence-electron chi connectivity index (χ0n) is 11.9. The van der Waals surface area contributed by atoms with Crippen LogP contribution < -0.4 is 5.32 Å². The van der Waals surface area contributed by atoms with Crippen molar-refractivity contribution in [3.63, 3.8) is 0 Å². The summed E-state index contributed by atoms with van der Waals surface area (Å²) in [5.74, 6) is -0.295. The summed E-state index contributed by atoms with van der Waals surface area (Å²) >= 11 is 7.50. The van der Waals surface area contributed by atoms with Gasteiger partial charge in [0.1, 0.15) is 11.6 Å². The fourth-order valence-electron chi connectivity index (χ4n) is 2.17. The molecule has 0 atom stereocenters. The average Bonchev–Trinajstić information content (AvgIpc) is 3.06. The molecule has 0 aromatic heterocycles. The summed E-state index contributed by atoms with van der Waals surface area (Å²) in [4.78, 5) is 12.5. The van der Waals surface area contributed by atoms with Gasteiger partial charge in [0.25, 0.3) is 0 Å². The second kappa shape index (κ2) is 6.74. The van der Waals surface area contributed by atoms with Gasteiger partial charge in [-0.25, -0.2) is 0 Å². The molecule has 23 heavy (non-hydrogen) atoms. The predicted molar refractivity (Wildman–Crippen MR) is 93.6 cm³/mol. The lowest BCUT2D eigenvalue weighted by Gasteiger charge is -2.08. The van der Waals surface area contributed by atoms with Crippen LogP contribution in [0.5, 0.6) is 0 Å². The molecule has 1 heterocycles. The predicted octanol–water partition coefficient (Wildman–Crippen LogP) is 4.59. The van der Waals surface area contributed by atoms with Crippen LogP contribution in [0.4, 0.5) is 0 Å². The number of Topliss-reactive ketones (excluding diaryl/α,β-unsaturated/α-hetero) is 1. The van der Waals surface area contributed by atoms with E-state index in [4.69, 9.17) is 11.6 Å². The molecule has 3 rings (SSSR count). The zero-order chi connectivity index (χ0) is 16.2. The molecule has 0 bridgehead atoms. The third-order valence-electron chi connectivity index (χ3n) is 3.31.